The zero-order valence-electron chi connectivity index (χ0n) is 14.1. The Labute approximate surface area is 120 Å². The highest BCUT2D eigenvalue weighted by Crippen LogP contribution is 2.15. The Morgan fingerprint density at radius 2 is 1.16 bits per heavy atom. The van der Waals surface area contributed by atoms with Gasteiger partial charge in [-0.05, 0) is 61.8 Å². The van der Waals surface area contributed by atoms with E-state index in [2.05, 4.69) is 68.6 Å². The van der Waals surface area contributed by atoms with Crippen LogP contribution in [-0.4, -0.2) is 85.8 Å². The number of nitrogens with zero attached hydrogens (tertiary/aromatic N) is 4. The van der Waals surface area contributed by atoms with E-state index in [0.717, 1.165) is 6.04 Å². The molecule has 2 aliphatic rings. The standard InChI is InChI=1S/C8H18N2.C7H16N2/c1-7-5-6-9(3)8(2)10(7)4;1-7-8(2)5-4-6-9(7)3/h7-8H,5-6H2,1-4H3;7H,4-6H2,1-3H3. The molecule has 2 atom stereocenters. The van der Waals surface area contributed by atoms with Crippen LogP contribution < -0.4 is 0 Å². The molecule has 4 heteroatoms. The fourth-order valence-corrected chi connectivity index (χ4v) is 2.74. The van der Waals surface area contributed by atoms with E-state index in [1.165, 1.54) is 32.5 Å². The summed E-state index contributed by atoms with van der Waals surface area (Å²) in [4.78, 5) is 9.57. The van der Waals surface area contributed by atoms with Crippen LogP contribution in [0.1, 0.15) is 33.6 Å². The molecule has 0 saturated carbocycles. The lowest BCUT2D eigenvalue weighted by Gasteiger charge is -2.42. The molecule has 2 unspecified atom stereocenters. The molecular formula is C15H34N4. The van der Waals surface area contributed by atoms with Gasteiger partial charge in [-0.1, -0.05) is 0 Å². The summed E-state index contributed by atoms with van der Waals surface area (Å²) in [5.74, 6) is 0. The highest BCUT2D eigenvalue weighted by atomic mass is 15.4. The molecule has 0 aliphatic carbocycles. The Morgan fingerprint density at radius 1 is 0.684 bits per heavy atom. The Morgan fingerprint density at radius 3 is 1.58 bits per heavy atom. The maximum atomic E-state index is 2.42. The van der Waals surface area contributed by atoms with E-state index in [1.54, 1.807) is 0 Å². The minimum atomic E-state index is 0.615. The average molecular weight is 270 g/mol. The van der Waals surface area contributed by atoms with E-state index in [1.807, 2.05) is 0 Å². The van der Waals surface area contributed by atoms with E-state index in [4.69, 9.17) is 0 Å². The second-order valence-electron chi connectivity index (χ2n) is 6.36. The molecule has 0 aromatic heterocycles. The largest absolute Gasteiger partial charge is 0.291 e. The maximum Gasteiger partial charge on any atom is 0.0590 e. The maximum absolute atomic E-state index is 2.42. The highest BCUT2D eigenvalue weighted by molar-refractivity contribution is 4.76. The lowest BCUT2D eigenvalue weighted by Crippen LogP contribution is -2.52. The zero-order chi connectivity index (χ0) is 14.6. The quantitative estimate of drug-likeness (QED) is 0.663. The highest BCUT2D eigenvalue weighted by Gasteiger charge is 2.24. The molecule has 2 saturated heterocycles. The van der Waals surface area contributed by atoms with Crippen molar-refractivity contribution in [2.45, 2.75) is 52.0 Å². The topological polar surface area (TPSA) is 13.0 Å². The van der Waals surface area contributed by atoms with Gasteiger partial charge in [-0.15, -0.1) is 0 Å². The van der Waals surface area contributed by atoms with Crippen molar-refractivity contribution < 1.29 is 0 Å². The molecule has 0 aromatic carbocycles. The van der Waals surface area contributed by atoms with Crippen LogP contribution in [0.2, 0.25) is 0 Å². The van der Waals surface area contributed by atoms with E-state index >= 15 is 0 Å². The smallest absolute Gasteiger partial charge is 0.0590 e. The Bertz CT molecular complexity index is 235. The summed E-state index contributed by atoms with van der Waals surface area (Å²) in [6.45, 7) is 10.6. The molecule has 2 fully saturated rings. The fourth-order valence-electron chi connectivity index (χ4n) is 2.74. The second-order valence-corrected chi connectivity index (χ2v) is 6.36. The van der Waals surface area contributed by atoms with Crippen LogP contribution in [0.3, 0.4) is 0 Å². The lowest BCUT2D eigenvalue weighted by molar-refractivity contribution is 0.0189. The zero-order valence-corrected chi connectivity index (χ0v) is 14.1. The van der Waals surface area contributed by atoms with Gasteiger partial charge in [0.25, 0.3) is 0 Å². The van der Waals surface area contributed by atoms with Crippen molar-refractivity contribution in [3.63, 3.8) is 0 Å². The summed E-state index contributed by atoms with van der Waals surface area (Å²) in [6.07, 6.45) is 3.87. The molecule has 0 N–H and O–H groups in total. The molecular weight excluding hydrogens is 236 g/mol. The van der Waals surface area contributed by atoms with Crippen molar-refractivity contribution in [2.75, 3.05) is 47.8 Å². The van der Waals surface area contributed by atoms with Gasteiger partial charge in [-0.25, -0.2) is 0 Å². The van der Waals surface area contributed by atoms with Gasteiger partial charge in [-0.3, -0.25) is 19.6 Å². The average Bonchev–Trinajstić information content (AvgIpc) is 2.39. The van der Waals surface area contributed by atoms with E-state index in [0.29, 0.717) is 12.3 Å². The second kappa shape index (κ2) is 7.58. The van der Waals surface area contributed by atoms with Gasteiger partial charge in [-0.2, -0.15) is 0 Å². The van der Waals surface area contributed by atoms with Gasteiger partial charge in [0.2, 0.25) is 0 Å². The summed E-state index contributed by atoms with van der Waals surface area (Å²) >= 11 is 0. The molecule has 4 nitrogen and oxygen atoms in total. The minimum absolute atomic E-state index is 0.615. The monoisotopic (exact) mass is 270 g/mol. The van der Waals surface area contributed by atoms with Gasteiger partial charge >= 0.3 is 0 Å². The predicted octanol–water partition coefficient (Wildman–Crippen LogP) is 1.59. The van der Waals surface area contributed by atoms with Crippen LogP contribution >= 0.6 is 0 Å². The van der Waals surface area contributed by atoms with Crippen molar-refractivity contribution in [3.05, 3.63) is 0 Å². The first-order chi connectivity index (χ1) is 8.84. The number of hydrogen-bond donors (Lipinski definition) is 0. The molecule has 0 amide bonds. The first kappa shape index (κ1) is 16.9. The van der Waals surface area contributed by atoms with Gasteiger partial charge in [0.1, 0.15) is 0 Å². The third-order valence-electron chi connectivity index (χ3n) is 5.12. The number of rotatable bonds is 0. The molecule has 114 valence electrons. The molecule has 2 heterocycles. The van der Waals surface area contributed by atoms with Gasteiger partial charge in [0.15, 0.2) is 0 Å². The van der Waals surface area contributed by atoms with Crippen molar-refractivity contribution in [2.24, 2.45) is 0 Å². The SMILES string of the molecule is CC1CCN(C)C(C)N1C.CC1N(C)CCCN1C. The molecule has 0 aromatic rings. The molecule has 0 spiro atoms. The van der Waals surface area contributed by atoms with Crippen LogP contribution in [0.15, 0.2) is 0 Å². The molecule has 19 heavy (non-hydrogen) atoms. The van der Waals surface area contributed by atoms with Crippen molar-refractivity contribution >= 4 is 0 Å². The van der Waals surface area contributed by atoms with E-state index < -0.39 is 0 Å². The summed E-state index contributed by atoms with van der Waals surface area (Å²) < 4.78 is 0. The van der Waals surface area contributed by atoms with Crippen LogP contribution in [0, 0.1) is 0 Å². The predicted molar refractivity (Wildman–Crippen MR) is 83.3 cm³/mol. The third-order valence-corrected chi connectivity index (χ3v) is 5.12. The third kappa shape index (κ3) is 4.71. The molecule has 2 aliphatic heterocycles. The summed E-state index contributed by atoms with van der Waals surface area (Å²) in [5.41, 5.74) is 0. The van der Waals surface area contributed by atoms with E-state index in [-0.39, 0.29) is 0 Å². The lowest BCUT2D eigenvalue weighted by atomic mass is 10.1. The Hall–Kier alpha value is -0.160. The Balaban J connectivity index is 0.000000191. The van der Waals surface area contributed by atoms with Crippen molar-refractivity contribution in [3.8, 4) is 0 Å². The first-order valence-electron chi connectivity index (χ1n) is 7.67. The molecule has 0 radical (unpaired) electrons. The van der Waals surface area contributed by atoms with Crippen molar-refractivity contribution in [1.29, 1.82) is 0 Å². The van der Waals surface area contributed by atoms with Crippen LogP contribution in [0.5, 0.6) is 0 Å². The summed E-state index contributed by atoms with van der Waals surface area (Å²) in [7, 11) is 8.75. The molecule has 0 bridgehead atoms. The number of hydrogen-bond acceptors (Lipinski definition) is 4. The fraction of sp³-hybridized carbons (Fsp3) is 1.00. The van der Waals surface area contributed by atoms with Gasteiger partial charge in [0, 0.05) is 25.7 Å². The molecule has 2 rings (SSSR count). The Kier molecular flexibility index (Phi) is 6.74. The van der Waals surface area contributed by atoms with Gasteiger partial charge in [0.05, 0.1) is 12.3 Å². The van der Waals surface area contributed by atoms with Crippen molar-refractivity contribution in [1.82, 2.24) is 19.6 Å². The normalized spacial score (nSPS) is 33.0. The summed E-state index contributed by atoms with van der Waals surface area (Å²) in [5, 5.41) is 0. The first-order valence-corrected chi connectivity index (χ1v) is 7.67. The van der Waals surface area contributed by atoms with E-state index in [9.17, 15) is 0 Å². The van der Waals surface area contributed by atoms with Gasteiger partial charge < -0.3 is 0 Å². The minimum Gasteiger partial charge on any atom is -0.291 e. The van der Waals surface area contributed by atoms with Crippen LogP contribution in [-0.2, 0) is 0 Å². The van der Waals surface area contributed by atoms with Crippen LogP contribution in [0.25, 0.3) is 0 Å². The summed E-state index contributed by atoms with van der Waals surface area (Å²) in [6, 6.07) is 0.756. The van der Waals surface area contributed by atoms with Crippen LogP contribution in [0.4, 0.5) is 0 Å².